The molecule has 0 aromatic heterocycles. The summed E-state index contributed by atoms with van der Waals surface area (Å²) in [4.78, 5) is 0. The molecule has 2 unspecified atom stereocenters. The van der Waals surface area contributed by atoms with Gasteiger partial charge in [0.25, 0.3) is 0 Å². The lowest BCUT2D eigenvalue weighted by Crippen LogP contribution is -2.44. The summed E-state index contributed by atoms with van der Waals surface area (Å²) in [5.74, 6) is 1.47. The molecule has 3 atom stereocenters. The van der Waals surface area contributed by atoms with Crippen molar-refractivity contribution in [1.82, 2.24) is 0 Å². The van der Waals surface area contributed by atoms with Gasteiger partial charge in [-0.1, -0.05) is 41.5 Å². The Kier molecular flexibility index (Phi) is 3.55. The molecule has 1 saturated heterocycles. The zero-order valence-electron chi connectivity index (χ0n) is 11.6. The zero-order valence-corrected chi connectivity index (χ0v) is 11.6. The molecular formula is C14H28O. The van der Waals surface area contributed by atoms with Gasteiger partial charge in [0.15, 0.2) is 0 Å². The van der Waals surface area contributed by atoms with Crippen LogP contribution in [0.5, 0.6) is 0 Å². The molecule has 0 saturated carbocycles. The Morgan fingerprint density at radius 2 is 1.33 bits per heavy atom. The largest absolute Gasteiger partial charge is 0.378 e. The van der Waals surface area contributed by atoms with Gasteiger partial charge >= 0.3 is 0 Å². The first kappa shape index (κ1) is 13.0. The van der Waals surface area contributed by atoms with Crippen molar-refractivity contribution in [2.75, 3.05) is 6.61 Å². The molecule has 0 bridgehead atoms. The molecule has 0 spiro atoms. The van der Waals surface area contributed by atoms with Crippen molar-refractivity contribution in [1.29, 1.82) is 0 Å². The van der Waals surface area contributed by atoms with E-state index in [-0.39, 0.29) is 0 Å². The van der Waals surface area contributed by atoms with E-state index in [2.05, 4.69) is 48.5 Å². The van der Waals surface area contributed by atoms with Crippen LogP contribution in [-0.4, -0.2) is 12.7 Å². The van der Waals surface area contributed by atoms with Gasteiger partial charge in [0.05, 0.1) is 12.7 Å². The molecule has 1 heteroatoms. The fraction of sp³-hybridized carbons (Fsp3) is 1.00. The standard InChI is InChI=1S/C14H28O/c1-10-8-11(13(2,3)4)12(9-15-10)14(5,6)7/h10-12H,8-9H2,1-7H3/t10?,11?,12-/m0/s1. The van der Waals surface area contributed by atoms with Gasteiger partial charge in [-0.2, -0.15) is 0 Å². The van der Waals surface area contributed by atoms with Crippen LogP contribution in [0.25, 0.3) is 0 Å². The zero-order chi connectivity index (χ0) is 11.9. The van der Waals surface area contributed by atoms with Crippen molar-refractivity contribution in [3.63, 3.8) is 0 Å². The quantitative estimate of drug-likeness (QED) is 0.587. The maximum Gasteiger partial charge on any atom is 0.0550 e. The van der Waals surface area contributed by atoms with Crippen LogP contribution >= 0.6 is 0 Å². The number of rotatable bonds is 0. The summed E-state index contributed by atoms with van der Waals surface area (Å²) in [6.45, 7) is 17.3. The van der Waals surface area contributed by atoms with Crippen molar-refractivity contribution >= 4 is 0 Å². The second kappa shape index (κ2) is 4.08. The third kappa shape index (κ3) is 3.21. The maximum absolute atomic E-state index is 5.84. The SMILES string of the molecule is CC1CC(C(C)(C)C)[C@@H](C(C)(C)C)CO1. The van der Waals surface area contributed by atoms with E-state index in [4.69, 9.17) is 4.74 Å². The summed E-state index contributed by atoms with van der Waals surface area (Å²) >= 11 is 0. The summed E-state index contributed by atoms with van der Waals surface area (Å²) in [7, 11) is 0. The van der Waals surface area contributed by atoms with E-state index in [1.807, 2.05) is 0 Å². The topological polar surface area (TPSA) is 9.23 Å². The predicted octanol–water partition coefficient (Wildman–Crippen LogP) is 4.12. The molecule has 1 aliphatic rings. The van der Waals surface area contributed by atoms with Crippen LogP contribution < -0.4 is 0 Å². The Balaban J connectivity index is 2.85. The van der Waals surface area contributed by atoms with E-state index in [1.54, 1.807) is 0 Å². The monoisotopic (exact) mass is 212 g/mol. The molecule has 0 aromatic rings. The van der Waals surface area contributed by atoms with Gasteiger partial charge in [-0.25, -0.2) is 0 Å². The van der Waals surface area contributed by atoms with E-state index in [0.717, 1.165) is 12.5 Å². The fourth-order valence-corrected chi connectivity index (χ4v) is 2.78. The molecule has 1 fully saturated rings. The van der Waals surface area contributed by atoms with Crippen molar-refractivity contribution in [2.45, 2.75) is 61.0 Å². The summed E-state index contributed by atoms with van der Waals surface area (Å²) in [5.41, 5.74) is 0.758. The molecule has 1 rings (SSSR count). The Labute approximate surface area is 95.6 Å². The summed E-state index contributed by atoms with van der Waals surface area (Å²) in [6, 6.07) is 0. The van der Waals surface area contributed by atoms with Crippen LogP contribution in [0.15, 0.2) is 0 Å². The number of hydrogen-bond acceptors (Lipinski definition) is 1. The third-order valence-corrected chi connectivity index (χ3v) is 3.86. The minimum absolute atomic E-state index is 0.359. The lowest BCUT2D eigenvalue weighted by atomic mass is 9.62. The minimum Gasteiger partial charge on any atom is -0.378 e. The van der Waals surface area contributed by atoms with Crippen LogP contribution in [0, 0.1) is 22.7 Å². The van der Waals surface area contributed by atoms with Gasteiger partial charge in [0, 0.05) is 0 Å². The van der Waals surface area contributed by atoms with Gasteiger partial charge in [0.1, 0.15) is 0 Å². The Morgan fingerprint density at radius 3 is 1.73 bits per heavy atom. The molecule has 0 amide bonds. The average Bonchev–Trinajstić information content (AvgIpc) is 2.00. The number of hydrogen-bond donors (Lipinski definition) is 0. The van der Waals surface area contributed by atoms with Gasteiger partial charge in [-0.05, 0) is 36.0 Å². The second-order valence-corrected chi connectivity index (χ2v) is 7.32. The molecule has 0 aromatic carbocycles. The summed E-state index contributed by atoms with van der Waals surface area (Å²) in [5, 5.41) is 0. The lowest BCUT2D eigenvalue weighted by molar-refractivity contribution is -0.101. The first-order chi connectivity index (χ1) is 6.62. The van der Waals surface area contributed by atoms with Crippen LogP contribution in [0.4, 0.5) is 0 Å². The molecule has 15 heavy (non-hydrogen) atoms. The smallest absolute Gasteiger partial charge is 0.0550 e. The third-order valence-electron chi connectivity index (χ3n) is 3.86. The van der Waals surface area contributed by atoms with Crippen LogP contribution in [0.2, 0.25) is 0 Å². The van der Waals surface area contributed by atoms with E-state index in [0.29, 0.717) is 22.9 Å². The normalized spacial score (nSPS) is 34.2. The maximum atomic E-state index is 5.84. The van der Waals surface area contributed by atoms with E-state index in [9.17, 15) is 0 Å². The first-order valence-corrected chi connectivity index (χ1v) is 6.24. The van der Waals surface area contributed by atoms with Gasteiger partial charge < -0.3 is 4.74 Å². The highest BCUT2D eigenvalue weighted by Crippen LogP contribution is 2.46. The van der Waals surface area contributed by atoms with Crippen molar-refractivity contribution in [2.24, 2.45) is 22.7 Å². The summed E-state index contributed by atoms with van der Waals surface area (Å²) in [6.07, 6.45) is 1.65. The molecule has 1 aliphatic heterocycles. The summed E-state index contributed by atoms with van der Waals surface area (Å²) < 4.78 is 5.84. The predicted molar refractivity (Wildman–Crippen MR) is 65.9 cm³/mol. The average molecular weight is 212 g/mol. The Hall–Kier alpha value is -0.0400. The number of ether oxygens (including phenoxy) is 1. The Bertz CT molecular complexity index is 206. The molecule has 0 N–H and O–H groups in total. The second-order valence-electron chi connectivity index (χ2n) is 7.32. The van der Waals surface area contributed by atoms with Gasteiger partial charge in [-0.3, -0.25) is 0 Å². The van der Waals surface area contributed by atoms with Crippen molar-refractivity contribution in [3.8, 4) is 0 Å². The van der Waals surface area contributed by atoms with Gasteiger partial charge in [0.2, 0.25) is 0 Å². The van der Waals surface area contributed by atoms with E-state index < -0.39 is 0 Å². The Morgan fingerprint density at radius 1 is 0.867 bits per heavy atom. The molecule has 90 valence electrons. The highest BCUT2D eigenvalue weighted by Gasteiger charge is 2.42. The lowest BCUT2D eigenvalue weighted by Gasteiger charge is -2.48. The van der Waals surface area contributed by atoms with Crippen LogP contribution in [0.1, 0.15) is 54.9 Å². The first-order valence-electron chi connectivity index (χ1n) is 6.24. The molecule has 1 nitrogen and oxygen atoms in total. The van der Waals surface area contributed by atoms with Crippen molar-refractivity contribution < 1.29 is 4.74 Å². The molecule has 0 radical (unpaired) electrons. The molecular weight excluding hydrogens is 184 g/mol. The van der Waals surface area contributed by atoms with Gasteiger partial charge in [-0.15, -0.1) is 0 Å². The van der Waals surface area contributed by atoms with Crippen LogP contribution in [0.3, 0.4) is 0 Å². The van der Waals surface area contributed by atoms with Crippen molar-refractivity contribution in [3.05, 3.63) is 0 Å². The van der Waals surface area contributed by atoms with E-state index in [1.165, 1.54) is 6.42 Å². The fourth-order valence-electron chi connectivity index (χ4n) is 2.78. The highest BCUT2D eigenvalue weighted by atomic mass is 16.5. The van der Waals surface area contributed by atoms with E-state index >= 15 is 0 Å². The highest BCUT2D eigenvalue weighted by molar-refractivity contribution is 4.90. The minimum atomic E-state index is 0.359. The molecule has 1 heterocycles. The van der Waals surface area contributed by atoms with Crippen LogP contribution in [-0.2, 0) is 4.74 Å². The molecule has 0 aliphatic carbocycles.